The number of carbonyl (C=O) groups excluding carboxylic acids is 1. The molecule has 3 rings (SSSR count). The van der Waals surface area contributed by atoms with Crippen LogP contribution >= 0.6 is 0 Å². The Morgan fingerprint density at radius 1 is 1.14 bits per heavy atom. The van der Waals surface area contributed by atoms with Gasteiger partial charge in [-0.15, -0.1) is 0 Å². The third kappa shape index (κ3) is 2.62. The molecule has 1 heterocycles. The molecule has 1 aliphatic heterocycles. The van der Waals surface area contributed by atoms with E-state index in [1.165, 1.54) is 5.56 Å². The highest BCUT2D eigenvalue weighted by atomic mass is 16.5. The number of hydrogen-bond acceptors (Lipinski definition) is 2. The van der Waals surface area contributed by atoms with Crippen molar-refractivity contribution in [3.63, 3.8) is 0 Å². The van der Waals surface area contributed by atoms with E-state index in [-0.39, 0.29) is 5.91 Å². The molecule has 0 unspecified atom stereocenters. The van der Waals surface area contributed by atoms with Crippen molar-refractivity contribution >= 4 is 23.2 Å². The molecule has 0 saturated carbocycles. The molecule has 2 aromatic rings. The van der Waals surface area contributed by atoms with E-state index in [0.717, 1.165) is 29.0 Å². The summed E-state index contributed by atoms with van der Waals surface area (Å²) in [6.45, 7) is 4.67. The molecule has 22 heavy (non-hydrogen) atoms. The highest BCUT2D eigenvalue weighted by Crippen LogP contribution is 2.36. The quantitative estimate of drug-likeness (QED) is 0.860. The summed E-state index contributed by atoms with van der Waals surface area (Å²) >= 11 is 0. The summed E-state index contributed by atoms with van der Waals surface area (Å²) in [6.07, 6.45) is 2.91. The lowest BCUT2D eigenvalue weighted by atomic mass is 9.99. The van der Waals surface area contributed by atoms with Crippen molar-refractivity contribution in [1.82, 2.24) is 0 Å². The zero-order valence-corrected chi connectivity index (χ0v) is 12.8. The fourth-order valence-corrected chi connectivity index (χ4v) is 2.73. The predicted molar refractivity (Wildman–Crippen MR) is 89.9 cm³/mol. The van der Waals surface area contributed by atoms with Gasteiger partial charge in [0.25, 0.3) is 5.91 Å². The van der Waals surface area contributed by atoms with E-state index in [0.29, 0.717) is 12.2 Å². The first-order valence-electron chi connectivity index (χ1n) is 7.61. The van der Waals surface area contributed by atoms with Crippen LogP contribution in [0.3, 0.4) is 0 Å². The minimum atomic E-state index is -0.0606. The Bertz CT molecular complexity index is 747. The number of carbonyl (C=O) groups is 1. The molecular weight excluding hydrogens is 274 g/mol. The minimum absolute atomic E-state index is 0.0606. The molecule has 0 aliphatic carbocycles. The summed E-state index contributed by atoms with van der Waals surface area (Å²) in [5.41, 5.74) is 4.79. The molecule has 1 N–H and O–H groups in total. The maximum Gasteiger partial charge on any atom is 0.256 e. The highest BCUT2D eigenvalue weighted by Gasteiger charge is 2.24. The molecule has 112 valence electrons. The number of fused-ring (bicyclic) bond motifs is 1. The van der Waals surface area contributed by atoms with E-state index in [9.17, 15) is 4.79 Å². The fraction of sp³-hybridized carbons (Fsp3) is 0.211. The van der Waals surface area contributed by atoms with Crippen LogP contribution in [0.1, 0.15) is 30.5 Å². The van der Waals surface area contributed by atoms with E-state index < -0.39 is 0 Å². The van der Waals surface area contributed by atoms with Crippen LogP contribution in [-0.2, 0) is 11.2 Å². The SMILES string of the molecule is CCOc1ccc2c(c1)NC(=O)C2=Cc1ccccc1CC. The maximum atomic E-state index is 12.3. The van der Waals surface area contributed by atoms with Crippen LogP contribution in [0, 0.1) is 0 Å². The number of amides is 1. The predicted octanol–water partition coefficient (Wildman–Crippen LogP) is 4.14. The first-order valence-corrected chi connectivity index (χ1v) is 7.61. The van der Waals surface area contributed by atoms with E-state index >= 15 is 0 Å². The highest BCUT2D eigenvalue weighted by molar-refractivity contribution is 6.35. The van der Waals surface area contributed by atoms with Gasteiger partial charge < -0.3 is 10.1 Å². The molecule has 1 amide bonds. The van der Waals surface area contributed by atoms with Gasteiger partial charge >= 0.3 is 0 Å². The lowest BCUT2D eigenvalue weighted by Gasteiger charge is -2.06. The third-order valence-corrected chi connectivity index (χ3v) is 3.82. The largest absolute Gasteiger partial charge is 0.494 e. The Hall–Kier alpha value is -2.55. The minimum Gasteiger partial charge on any atom is -0.494 e. The molecule has 0 atom stereocenters. The lowest BCUT2D eigenvalue weighted by molar-refractivity contribution is -0.110. The lowest BCUT2D eigenvalue weighted by Crippen LogP contribution is -2.03. The number of anilines is 1. The number of nitrogens with one attached hydrogen (secondary N) is 1. The zero-order chi connectivity index (χ0) is 15.5. The number of rotatable bonds is 4. The van der Waals surface area contributed by atoms with Crippen LogP contribution in [0.4, 0.5) is 5.69 Å². The van der Waals surface area contributed by atoms with Crippen molar-refractivity contribution in [1.29, 1.82) is 0 Å². The van der Waals surface area contributed by atoms with Gasteiger partial charge in [-0.05, 0) is 42.7 Å². The van der Waals surface area contributed by atoms with E-state index in [4.69, 9.17) is 4.74 Å². The Morgan fingerprint density at radius 3 is 2.73 bits per heavy atom. The second kappa shape index (κ2) is 6.06. The second-order valence-corrected chi connectivity index (χ2v) is 5.20. The second-order valence-electron chi connectivity index (χ2n) is 5.20. The molecule has 0 spiro atoms. The van der Waals surface area contributed by atoms with Crippen molar-refractivity contribution in [3.8, 4) is 5.75 Å². The molecule has 0 fully saturated rings. The molecule has 0 aromatic heterocycles. The molecule has 0 saturated heterocycles. The van der Waals surface area contributed by atoms with Crippen molar-refractivity contribution in [2.75, 3.05) is 11.9 Å². The van der Waals surface area contributed by atoms with E-state index in [1.54, 1.807) is 0 Å². The Balaban J connectivity index is 2.03. The van der Waals surface area contributed by atoms with Gasteiger partial charge in [-0.1, -0.05) is 31.2 Å². The standard InChI is InChI=1S/C19H19NO2/c1-3-13-7-5-6-8-14(13)11-17-16-10-9-15(22-4-2)12-18(16)20-19(17)21/h5-12H,3-4H2,1-2H3,(H,20,21). The molecular formula is C19H19NO2. The van der Waals surface area contributed by atoms with Crippen molar-refractivity contribution < 1.29 is 9.53 Å². The Labute approximate surface area is 130 Å². The normalized spacial score (nSPS) is 14.8. The smallest absolute Gasteiger partial charge is 0.256 e. The summed E-state index contributed by atoms with van der Waals surface area (Å²) < 4.78 is 5.49. The van der Waals surface area contributed by atoms with Crippen molar-refractivity contribution in [2.45, 2.75) is 20.3 Å². The number of aryl methyl sites for hydroxylation is 1. The third-order valence-electron chi connectivity index (χ3n) is 3.82. The van der Waals surface area contributed by atoms with Gasteiger partial charge in [-0.3, -0.25) is 4.79 Å². The first kappa shape index (κ1) is 14.4. The molecule has 0 bridgehead atoms. The number of hydrogen-bond donors (Lipinski definition) is 1. The monoisotopic (exact) mass is 293 g/mol. The van der Waals surface area contributed by atoms with Crippen LogP contribution < -0.4 is 10.1 Å². The van der Waals surface area contributed by atoms with Gasteiger partial charge in [0.05, 0.1) is 12.3 Å². The van der Waals surface area contributed by atoms with E-state index in [2.05, 4.69) is 18.3 Å². The van der Waals surface area contributed by atoms with Crippen LogP contribution in [0.15, 0.2) is 42.5 Å². The Morgan fingerprint density at radius 2 is 1.95 bits per heavy atom. The summed E-state index contributed by atoms with van der Waals surface area (Å²) in [5, 5.41) is 2.92. The average molecular weight is 293 g/mol. The summed E-state index contributed by atoms with van der Waals surface area (Å²) in [5.74, 6) is 0.714. The molecule has 2 aromatic carbocycles. The van der Waals surface area contributed by atoms with Gasteiger partial charge in [0.1, 0.15) is 5.75 Å². The fourth-order valence-electron chi connectivity index (χ4n) is 2.73. The Kier molecular flexibility index (Phi) is 3.96. The molecule has 0 radical (unpaired) electrons. The first-order chi connectivity index (χ1) is 10.7. The summed E-state index contributed by atoms with van der Waals surface area (Å²) in [7, 11) is 0. The van der Waals surface area contributed by atoms with Gasteiger partial charge in [0.15, 0.2) is 0 Å². The average Bonchev–Trinajstić information content (AvgIpc) is 2.83. The number of ether oxygens (including phenoxy) is 1. The van der Waals surface area contributed by atoms with Crippen LogP contribution in [0.5, 0.6) is 5.75 Å². The summed E-state index contributed by atoms with van der Waals surface area (Å²) in [4.78, 5) is 12.3. The van der Waals surface area contributed by atoms with Crippen molar-refractivity contribution in [2.24, 2.45) is 0 Å². The van der Waals surface area contributed by atoms with Gasteiger partial charge in [0.2, 0.25) is 0 Å². The topological polar surface area (TPSA) is 38.3 Å². The van der Waals surface area contributed by atoms with Crippen molar-refractivity contribution in [3.05, 3.63) is 59.2 Å². The van der Waals surface area contributed by atoms with Crippen LogP contribution in [-0.4, -0.2) is 12.5 Å². The summed E-state index contributed by atoms with van der Waals surface area (Å²) in [6, 6.07) is 13.9. The van der Waals surface area contributed by atoms with Gasteiger partial charge in [-0.25, -0.2) is 0 Å². The number of benzene rings is 2. The molecule has 3 heteroatoms. The van der Waals surface area contributed by atoms with Gasteiger partial charge in [-0.2, -0.15) is 0 Å². The van der Waals surface area contributed by atoms with E-state index in [1.807, 2.05) is 49.4 Å². The van der Waals surface area contributed by atoms with Gasteiger partial charge in [0, 0.05) is 17.2 Å². The molecule has 1 aliphatic rings. The van der Waals surface area contributed by atoms with Crippen LogP contribution in [0.2, 0.25) is 0 Å². The maximum absolute atomic E-state index is 12.3. The van der Waals surface area contributed by atoms with Crippen LogP contribution in [0.25, 0.3) is 11.6 Å². The molecule has 3 nitrogen and oxygen atoms in total. The zero-order valence-electron chi connectivity index (χ0n) is 12.8.